The molecule has 0 amide bonds. The molecule has 0 saturated heterocycles. The van der Waals surface area contributed by atoms with Crippen molar-refractivity contribution in [1.29, 1.82) is 0 Å². The van der Waals surface area contributed by atoms with E-state index in [9.17, 15) is 8.42 Å². The van der Waals surface area contributed by atoms with Crippen molar-refractivity contribution in [1.82, 2.24) is 4.57 Å². The highest BCUT2D eigenvalue weighted by Crippen LogP contribution is 2.30. The zero-order valence-electron chi connectivity index (χ0n) is 18.3. The van der Waals surface area contributed by atoms with Gasteiger partial charge in [0, 0.05) is 46.9 Å². The second kappa shape index (κ2) is 8.74. The first kappa shape index (κ1) is 21.8. The van der Waals surface area contributed by atoms with Gasteiger partial charge in [-0.2, -0.15) is 13.0 Å². The predicted molar refractivity (Wildman–Crippen MR) is 137 cm³/mol. The van der Waals surface area contributed by atoms with Crippen LogP contribution in [0.3, 0.4) is 0 Å². The molecule has 7 heteroatoms. The van der Waals surface area contributed by atoms with E-state index in [0.717, 1.165) is 27.3 Å². The van der Waals surface area contributed by atoms with Crippen LogP contribution in [-0.2, 0) is 23.2 Å². The van der Waals surface area contributed by atoms with E-state index in [0.29, 0.717) is 13.0 Å². The van der Waals surface area contributed by atoms with Gasteiger partial charge in [-0.3, -0.25) is 4.55 Å². The van der Waals surface area contributed by atoms with Gasteiger partial charge >= 0.3 is 0 Å². The van der Waals surface area contributed by atoms with E-state index in [2.05, 4.69) is 76.7 Å². The fourth-order valence-electron chi connectivity index (χ4n) is 4.50. The van der Waals surface area contributed by atoms with E-state index < -0.39 is 10.1 Å². The van der Waals surface area contributed by atoms with E-state index in [-0.39, 0.29) is 5.75 Å². The van der Waals surface area contributed by atoms with Gasteiger partial charge in [-0.05, 0) is 42.8 Å². The molecule has 0 fully saturated rings. The minimum absolute atomic E-state index is 0.245. The molecule has 1 N–H and O–H groups in total. The second-order valence-electron chi connectivity index (χ2n) is 8.07. The topological polar surface area (TPSA) is 63.2 Å². The maximum absolute atomic E-state index is 11.2. The summed E-state index contributed by atoms with van der Waals surface area (Å²) in [4.78, 5) is 0. The molecule has 0 aliphatic carbocycles. The molecule has 0 atom stereocenters. The van der Waals surface area contributed by atoms with Gasteiger partial charge in [-0.15, -0.1) is 0 Å². The lowest BCUT2D eigenvalue weighted by Gasteiger charge is -2.02. The van der Waals surface area contributed by atoms with Gasteiger partial charge in [0.25, 0.3) is 15.1 Å². The smallest absolute Gasteiger partial charge is 0.265 e. The standard InChI is InChI=1S/C26H24N2O3S2/c1-2-27-22-9-4-3-8-20(22)21-18-19(12-14-23(21)27)13-15-26-28(16-7-17-33(29,30)31)24-10-5-6-11-25(24)32-26/h3-6,8-15,18H,2,7,16-17H2,1H3/p+1. The molecule has 2 aromatic heterocycles. The molecule has 168 valence electrons. The number of fused-ring (bicyclic) bond motifs is 4. The van der Waals surface area contributed by atoms with Gasteiger partial charge < -0.3 is 4.57 Å². The van der Waals surface area contributed by atoms with Crippen molar-refractivity contribution in [2.45, 2.75) is 26.4 Å². The van der Waals surface area contributed by atoms with Crippen molar-refractivity contribution >= 4 is 65.6 Å². The van der Waals surface area contributed by atoms with Crippen LogP contribution >= 0.6 is 11.3 Å². The third-order valence-electron chi connectivity index (χ3n) is 5.95. The van der Waals surface area contributed by atoms with E-state index >= 15 is 0 Å². The summed E-state index contributed by atoms with van der Waals surface area (Å²) in [5, 5.41) is 3.54. The van der Waals surface area contributed by atoms with Crippen LogP contribution in [0.1, 0.15) is 23.9 Å². The van der Waals surface area contributed by atoms with E-state index in [1.807, 2.05) is 18.2 Å². The largest absolute Gasteiger partial charge is 0.341 e. The lowest BCUT2D eigenvalue weighted by molar-refractivity contribution is -0.668. The van der Waals surface area contributed by atoms with Crippen LogP contribution < -0.4 is 4.57 Å². The summed E-state index contributed by atoms with van der Waals surface area (Å²) in [5.74, 6) is -0.245. The van der Waals surface area contributed by atoms with Crippen molar-refractivity contribution in [3.63, 3.8) is 0 Å². The Balaban J connectivity index is 1.53. The Hall–Kier alpha value is -3.00. The number of aryl methyl sites for hydroxylation is 2. The summed E-state index contributed by atoms with van der Waals surface area (Å²) in [7, 11) is -3.97. The average molecular weight is 478 g/mol. The molecule has 0 aliphatic rings. The van der Waals surface area contributed by atoms with Crippen molar-refractivity contribution in [2.24, 2.45) is 0 Å². The molecule has 5 rings (SSSR count). The summed E-state index contributed by atoms with van der Waals surface area (Å²) in [6, 6.07) is 23.2. The summed E-state index contributed by atoms with van der Waals surface area (Å²) in [5.41, 5.74) is 4.66. The van der Waals surface area contributed by atoms with E-state index in [4.69, 9.17) is 4.55 Å². The Morgan fingerprint density at radius 3 is 2.55 bits per heavy atom. The Kier molecular flexibility index (Phi) is 5.78. The molecule has 3 aromatic carbocycles. The third kappa shape index (κ3) is 4.31. The minimum Gasteiger partial charge on any atom is -0.341 e. The molecule has 5 aromatic rings. The van der Waals surface area contributed by atoms with Crippen molar-refractivity contribution in [2.75, 3.05) is 5.75 Å². The Bertz CT molecular complexity index is 1610. The minimum atomic E-state index is -3.97. The van der Waals surface area contributed by atoms with Crippen LogP contribution in [0.2, 0.25) is 0 Å². The average Bonchev–Trinajstić information content (AvgIpc) is 3.32. The highest BCUT2D eigenvalue weighted by Gasteiger charge is 2.19. The number of benzene rings is 3. The normalized spacial score (nSPS) is 12.5. The first-order chi connectivity index (χ1) is 15.9. The van der Waals surface area contributed by atoms with Gasteiger partial charge in [0.05, 0.1) is 5.75 Å². The predicted octanol–water partition coefficient (Wildman–Crippen LogP) is 5.76. The highest BCUT2D eigenvalue weighted by atomic mass is 32.2. The zero-order chi connectivity index (χ0) is 23.0. The van der Waals surface area contributed by atoms with Gasteiger partial charge in [-0.1, -0.05) is 47.7 Å². The maximum Gasteiger partial charge on any atom is 0.265 e. The molecule has 0 unspecified atom stereocenters. The quantitative estimate of drug-likeness (QED) is 0.239. The van der Waals surface area contributed by atoms with Crippen LogP contribution in [0, 0.1) is 0 Å². The summed E-state index contributed by atoms with van der Waals surface area (Å²) in [6.45, 7) is 3.61. The fourth-order valence-corrected chi connectivity index (χ4v) is 6.08. The van der Waals surface area contributed by atoms with Crippen molar-refractivity contribution < 1.29 is 17.5 Å². The van der Waals surface area contributed by atoms with Crippen LogP contribution in [0.5, 0.6) is 0 Å². The second-order valence-corrected chi connectivity index (χ2v) is 10.7. The van der Waals surface area contributed by atoms with E-state index in [1.54, 1.807) is 11.3 Å². The number of nitrogens with zero attached hydrogens (tertiary/aromatic N) is 2. The SMILES string of the molecule is CCn1c2ccccc2c2cc(C=Cc3sc4ccccc4[n+]3CCCS(=O)(=O)O)ccc21. The van der Waals surface area contributed by atoms with Gasteiger partial charge in [-0.25, -0.2) is 0 Å². The fraction of sp³-hybridized carbons (Fsp3) is 0.192. The van der Waals surface area contributed by atoms with Gasteiger partial charge in [0.15, 0.2) is 6.54 Å². The molecular formula is C26H25N2O3S2+. The molecule has 0 saturated carbocycles. The summed E-state index contributed by atoms with van der Waals surface area (Å²) >= 11 is 1.68. The maximum atomic E-state index is 11.2. The zero-order valence-corrected chi connectivity index (χ0v) is 19.9. The molecular weight excluding hydrogens is 452 g/mol. The van der Waals surface area contributed by atoms with Gasteiger partial charge in [0.2, 0.25) is 5.52 Å². The molecule has 0 spiro atoms. The lowest BCUT2D eigenvalue weighted by Crippen LogP contribution is -2.35. The van der Waals surface area contributed by atoms with Crippen molar-refractivity contribution in [3.05, 3.63) is 77.3 Å². The molecule has 2 heterocycles. The third-order valence-corrected chi connectivity index (χ3v) is 7.89. The monoisotopic (exact) mass is 477 g/mol. The molecule has 0 bridgehead atoms. The Labute approximate surface area is 197 Å². The summed E-state index contributed by atoms with van der Waals surface area (Å²) < 4.78 is 37.1. The van der Waals surface area contributed by atoms with Crippen LogP contribution in [0.25, 0.3) is 44.2 Å². The molecule has 5 nitrogen and oxygen atoms in total. The highest BCUT2D eigenvalue weighted by molar-refractivity contribution is 7.85. The number of thiazole rings is 1. The molecule has 0 radical (unpaired) electrons. The number of para-hydroxylation sites is 2. The Morgan fingerprint density at radius 2 is 1.73 bits per heavy atom. The number of hydrogen-bond acceptors (Lipinski definition) is 3. The molecule has 33 heavy (non-hydrogen) atoms. The lowest BCUT2D eigenvalue weighted by atomic mass is 10.1. The summed E-state index contributed by atoms with van der Waals surface area (Å²) in [6.07, 6.45) is 4.56. The van der Waals surface area contributed by atoms with Gasteiger partial charge in [0.1, 0.15) is 4.70 Å². The van der Waals surface area contributed by atoms with Crippen LogP contribution in [0.4, 0.5) is 0 Å². The Morgan fingerprint density at radius 1 is 0.970 bits per heavy atom. The first-order valence-corrected chi connectivity index (χ1v) is 13.4. The van der Waals surface area contributed by atoms with E-state index in [1.165, 1.54) is 21.8 Å². The molecule has 0 aliphatic heterocycles. The number of aromatic nitrogens is 2. The number of hydrogen-bond donors (Lipinski definition) is 1. The van der Waals surface area contributed by atoms with Crippen LogP contribution in [0.15, 0.2) is 66.7 Å². The number of rotatable bonds is 7. The van der Waals surface area contributed by atoms with Crippen LogP contribution in [-0.4, -0.2) is 23.3 Å². The van der Waals surface area contributed by atoms with Crippen molar-refractivity contribution in [3.8, 4) is 0 Å². The first-order valence-electron chi connectivity index (χ1n) is 11.0.